The Morgan fingerprint density at radius 1 is 1.10 bits per heavy atom. The Morgan fingerprint density at radius 2 is 1.76 bits per heavy atom. The fraction of sp³-hybridized carbons (Fsp3) is 0.318. The second-order valence-electron chi connectivity index (χ2n) is 6.88. The highest BCUT2D eigenvalue weighted by atomic mass is 19.4. The summed E-state index contributed by atoms with van der Waals surface area (Å²) in [6.45, 7) is 0. The number of alkyl halides is 3. The number of carbonyl (C=O) groups is 1. The van der Waals surface area contributed by atoms with Gasteiger partial charge in [-0.2, -0.15) is 13.2 Å². The van der Waals surface area contributed by atoms with Crippen LogP contribution in [0, 0.1) is 0 Å². The molecular weight excluding hydrogens is 385 g/mol. The minimum atomic E-state index is -4.40. The van der Waals surface area contributed by atoms with Crippen LogP contribution in [0.5, 0.6) is 11.5 Å². The lowest BCUT2D eigenvalue weighted by atomic mass is 10.0. The molecule has 2 aromatic rings. The van der Waals surface area contributed by atoms with E-state index in [1.54, 1.807) is 12.1 Å². The first-order valence-corrected chi connectivity index (χ1v) is 9.25. The van der Waals surface area contributed by atoms with Gasteiger partial charge in [0, 0.05) is 6.07 Å². The zero-order chi connectivity index (χ0) is 21.0. The van der Waals surface area contributed by atoms with Crippen LogP contribution in [0.25, 0.3) is 12.2 Å². The van der Waals surface area contributed by atoms with Gasteiger partial charge in [-0.3, -0.25) is 0 Å². The quantitative estimate of drug-likeness (QED) is 0.512. The van der Waals surface area contributed by atoms with Gasteiger partial charge in [0.1, 0.15) is 17.1 Å². The molecule has 29 heavy (non-hydrogen) atoms. The topological polar surface area (TPSA) is 55.8 Å². The van der Waals surface area contributed by atoms with E-state index in [-0.39, 0.29) is 17.4 Å². The molecule has 0 heterocycles. The van der Waals surface area contributed by atoms with Gasteiger partial charge in [-0.15, -0.1) is 0 Å². The van der Waals surface area contributed by atoms with Crippen molar-refractivity contribution in [2.24, 2.45) is 0 Å². The minimum Gasteiger partial charge on any atom is -0.507 e. The third-order valence-electron chi connectivity index (χ3n) is 4.81. The van der Waals surface area contributed by atoms with Crippen LogP contribution in [0.15, 0.2) is 36.4 Å². The number of rotatable bonds is 5. The van der Waals surface area contributed by atoms with Crippen LogP contribution in [0.1, 0.15) is 52.7 Å². The lowest BCUT2D eigenvalue weighted by Gasteiger charge is -2.15. The molecule has 0 bridgehead atoms. The highest BCUT2D eigenvalue weighted by Crippen LogP contribution is 2.33. The number of hydrogen-bond donors (Lipinski definition) is 1. The molecular formula is C22H21F3O4. The molecule has 0 spiro atoms. The summed E-state index contributed by atoms with van der Waals surface area (Å²) in [5.41, 5.74) is 0.0871. The van der Waals surface area contributed by atoms with Gasteiger partial charge in [0.2, 0.25) is 0 Å². The zero-order valence-corrected chi connectivity index (χ0v) is 15.8. The Balaban J connectivity index is 1.91. The van der Waals surface area contributed by atoms with Crippen molar-refractivity contribution in [1.82, 2.24) is 0 Å². The number of halogens is 3. The summed E-state index contributed by atoms with van der Waals surface area (Å²) in [7, 11) is 1.20. The largest absolute Gasteiger partial charge is 0.507 e. The fourth-order valence-electron chi connectivity index (χ4n) is 3.31. The number of carbonyl (C=O) groups excluding carboxylic acids is 1. The molecule has 1 saturated carbocycles. The van der Waals surface area contributed by atoms with Crippen molar-refractivity contribution in [3.8, 4) is 11.5 Å². The molecule has 0 radical (unpaired) electrons. The van der Waals surface area contributed by atoms with Crippen LogP contribution >= 0.6 is 0 Å². The summed E-state index contributed by atoms with van der Waals surface area (Å²) in [5, 5.41) is 10.3. The molecule has 0 atom stereocenters. The molecule has 3 rings (SSSR count). The summed E-state index contributed by atoms with van der Waals surface area (Å²) < 4.78 is 48.7. The van der Waals surface area contributed by atoms with Crippen molar-refractivity contribution in [3.63, 3.8) is 0 Å². The Kier molecular flexibility index (Phi) is 6.15. The van der Waals surface area contributed by atoms with E-state index in [1.807, 2.05) is 0 Å². The normalized spacial score (nSPS) is 15.0. The van der Waals surface area contributed by atoms with E-state index in [0.29, 0.717) is 16.9 Å². The molecule has 1 aliphatic rings. The summed E-state index contributed by atoms with van der Waals surface area (Å²) >= 11 is 0. The van der Waals surface area contributed by atoms with Gasteiger partial charge in [-0.1, -0.05) is 24.3 Å². The number of phenolic OH excluding ortho intramolecular Hbond substituents is 1. The van der Waals surface area contributed by atoms with E-state index in [9.17, 15) is 23.1 Å². The predicted molar refractivity (Wildman–Crippen MR) is 103 cm³/mol. The van der Waals surface area contributed by atoms with Crippen LogP contribution in [-0.2, 0) is 10.9 Å². The first-order valence-electron chi connectivity index (χ1n) is 9.25. The molecule has 4 nitrogen and oxygen atoms in total. The molecule has 154 valence electrons. The number of benzene rings is 2. The molecule has 1 fully saturated rings. The van der Waals surface area contributed by atoms with Crippen LogP contribution in [0.4, 0.5) is 13.2 Å². The van der Waals surface area contributed by atoms with Crippen molar-refractivity contribution >= 4 is 18.1 Å². The maximum atomic E-state index is 12.7. The second kappa shape index (κ2) is 8.59. The van der Waals surface area contributed by atoms with Gasteiger partial charge < -0.3 is 14.6 Å². The van der Waals surface area contributed by atoms with E-state index in [2.05, 4.69) is 0 Å². The van der Waals surface area contributed by atoms with Crippen molar-refractivity contribution in [2.45, 2.75) is 38.0 Å². The smallest absolute Gasteiger partial charge is 0.416 e. The van der Waals surface area contributed by atoms with E-state index in [1.165, 1.54) is 31.4 Å². The summed E-state index contributed by atoms with van der Waals surface area (Å²) in [5.74, 6) is -0.574. The maximum Gasteiger partial charge on any atom is 0.416 e. The van der Waals surface area contributed by atoms with E-state index >= 15 is 0 Å². The third-order valence-corrected chi connectivity index (χ3v) is 4.81. The Labute approximate surface area is 166 Å². The predicted octanol–water partition coefficient (Wildman–Crippen LogP) is 5.69. The molecule has 2 aromatic carbocycles. The Morgan fingerprint density at radius 3 is 2.34 bits per heavy atom. The van der Waals surface area contributed by atoms with Gasteiger partial charge in [0.05, 0.1) is 18.8 Å². The van der Waals surface area contributed by atoms with Gasteiger partial charge in [-0.05, 0) is 55.0 Å². The van der Waals surface area contributed by atoms with Crippen molar-refractivity contribution in [2.75, 3.05) is 7.11 Å². The highest BCUT2D eigenvalue weighted by molar-refractivity contribution is 5.98. The molecule has 0 unspecified atom stereocenters. The summed E-state index contributed by atoms with van der Waals surface area (Å²) in [4.78, 5) is 12.1. The second-order valence-corrected chi connectivity index (χ2v) is 6.88. The monoisotopic (exact) mass is 406 g/mol. The molecule has 7 heteroatoms. The van der Waals surface area contributed by atoms with Gasteiger partial charge in [0.15, 0.2) is 0 Å². The number of phenols is 1. The highest BCUT2D eigenvalue weighted by Gasteiger charge is 2.29. The van der Waals surface area contributed by atoms with E-state index in [4.69, 9.17) is 9.47 Å². The average molecular weight is 406 g/mol. The maximum absolute atomic E-state index is 12.7. The van der Waals surface area contributed by atoms with Crippen molar-refractivity contribution < 1.29 is 32.5 Å². The van der Waals surface area contributed by atoms with Gasteiger partial charge >= 0.3 is 12.1 Å². The molecule has 1 aliphatic carbocycles. The van der Waals surface area contributed by atoms with Crippen LogP contribution in [0.3, 0.4) is 0 Å². The molecule has 1 N–H and O–H groups in total. The van der Waals surface area contributed by atoms with E-state index < -0.39 is 17.7 Å². The average Bonchev–Trinajstić information content (AvgIpc) is 3.18. The third kappa shape index (κ3) is 5.10. The number of aromatic hydroxyl groups is 1. The fourth-order valence-corrected chi connectivity index (χ4v) is 3.31. The van der Waals surface area contributed by atoms with Crippen LogP contribution < -0.4 is 4.74 Å². The number of methoxy groups -OCH3 is 1. The zero-order valence-electron chi connectivity index (χ0n) is 15.8. The Bertz CT molecular complexity index is 896. The van der Waals surface area contributed by atoms with Crippen LogP contribution in [0.2, 0.25) is 0 Å². The summed E-state index contributed by atoms with van der Waals surface area (Å²) in [6, 6.07) is 7.62. The Hall–Kier alpha value is -2.96. The molecule has 0 saturated heterocycles. The van der Waals surface area contributed by atoms with E-state index in [0.717, 1.165) is 37.8 Å². The van der Waals surface area contributed by atoms with Gasteiger partial charge in [0.25, 0.3) is 0 Å². The standard InChI is InChI=1S/C22H21F3O4/c1-28-21(27)20-15(9-6-14-7-10-16(11-8-14)22(23,24)25)12-18(13-19(20)26)29-17-4-2-3-5-17/h6-13,17,26H,2-5H2,1H3. The first-order chi connectivity index (χ1) is 13.8. The number of ether oxygens (including phenoxy) is 2. The van der Waals surface area contributed by atoms with Crippen molar-refractivity contribution in [1.29, 1.82) is 0 Å². The number of esters is 1. The first kappa shape index (κ1) is 20.8. The number of hydrogen-bond acceptors (Lipinski definition) is 4. The van der Waals surface area contributed by atoms with Crippen LogP contribution in [-0.4, -0.2) is 24.3 Å². The lowest BCUT2D eigenvalue weighted by Crippen LogP contribution is -2.12. The minimum absolute atomic E-state index is 0.0329. The molecule has 0 aliphatic heterocycles. The lowest BCUT2D eigenvalue weighted by molar-refractivity contribution is -0.137. The van der Waals surface area contributed by atoms with Crippen molar-refractivity contribution in [3.05, 3.63) is 58.7 Å². The SMILES string of the molecule is COC(=O)c1c(O)cc(OC2CCCC2)cc1C=Cc1ccc(C(F)(F)F)cc1. The molecule has 0 aromatic heterocycles. The summed E-state index contributed by atoms with van der Waals surface area (Å²) in [6.07, 6.45) is 2.77. The van der Waals surface area contributed by atoms with Gasteiger partial charge in [-0.25, -0.2) is 4.79 Å². The molecule has 0 amide bonds.